The average molecular weight is 299 g/mol. The molecule has 0 saturated heterocycles. The molecule has 0 aliphatic rings. The zero-order valence-corrected chi connectivity index (χ0v) is 12.8. The van der Waals surface area contributed by atoms with Gasteiger partial charge in [-0.3, -0.25) is 4.79 Å². The molecule has 1 atom stereocenters. The first-order valence-corrected chi connectivity index (χ1v) is 8.01. The standard InChI is InChI=1S/C14H21NO4S/c1-14(2,3)19-13(16)11(9-15)10-20(17,18)12-7-5-4-6-8-12/h4-8,11H,9-10,15H2,1-3H3/t11-/m1/s1. The van der Waals surface area contributed by atoms with E-state index in [-0.39, 0.29) is 17.2 Å². The van der Waals surface area contributed by atoms with Gasteiger partial charge in [0.1, 0.15) is 5.60 Å². The van der Waals surface area contributed by atoms with Gasteiger partial charge in [0.15, 0.2) is 9.84 Å². The van der Waals surface area contributed by atoms with E-state index in [1.54, 1.807) is 39.0 Å². The second-order valence-corrected chi connectivity index (χ2v) is 7.59. The van der Waals surface area contributed by atoms with Crippen LogP contribution in [0.1, 0.15) is 20.8 Å². The van der Waals surface area contributed by atoms with Crippen molar-refractivity contribution in [3.8, 4) is 0 Å². The first-order chi connectivity index (χ1) is 9.15. The second kappa shape index (κ2) is 6.37. The van der Waals surface area contributed by atoms with E-state index in [1.807, 2.05) is 0 Å². The molecule has 0 amide bonds. The fourth-order valence-electron chi connectivity index (χ4n) is 1.61. The molecule has 5 nitrogen and oxygen atoms in total. The third kappa shape index (κ3) is 4.94. The van der Waals surface area contributed by atoms with E-state index >= 15 is 0 Å². The first kappa shape index (κ1) is 16.7. The zero-order valence-electron chi connectivity index (χ0n) is 12.0. The van der Waals surface area contributed by atoms with Gasteiger partial charge < -0.3 is 10.5 Å². The number of ether oxygens (including phenoxy) is 1. The molecule has 6 heteroatoms. The summed E-state index contributed by atoms with van der Waals surface area (Å²) in [7, 11) is -3.55. The molecule has 0 bridgehead atoms. The maximum absolute atomic E-state index is 12.2. The third-order valence-corrected chi connectivity index (χ3v) is 4.38. The number of benzene rings is 1. The van der Waals surface area contributed by atoms with Crippen LogP contribution >= 0.6 is 0 Å². The van der Waals surface area contributed by atoms with Crippen LogP contribution in [0.15, 0.2) is 35.2 Å². The van der Waals surface area contributed by atoms with Crippen LogP contribution in [0.3, 0.4) is 0 Å². The molecular formula is C14H21NO4S. The summed E-state index contributed by atoms with van der Waals surface area (Å²) < 4.78 is 29.6. The van der Waals surface area contributed by atoms with E-state index in [9.17, 15) is 13.2 Å². The van der Waals surface area contributed by atoms with Gasteiger partial charge in [-0.1, -0.05) is 18.2 Å². The summed E-state index contributed by atoms with van der Waals surface area (Å²) in [5, 5.41) is 0. The molecule has 1 aromatic rings. The van der Waals surface area contributed by atoms with Crippen LogP contribution in [-0.4, -0.2) is 32.3 Å². The predicted molar refractivity (Wildman–Crippen MR) is 76.9 cm³/mol. The Morgan fingerprint density at radius 3 is 2.25 bits per heavy atom. The fourth-order valence-corrected chi connectivity index (χ4v) is 3.17. The van der Waals surface area contributed by atoms with Gasteiger partial charge in [-0.25, -0.2) is 8.42 Å². The Bertz CT molecular complexity index is 546. The lowest BCUT2D eigenvalue weighted by Crippen LogP contribution is -2.36. The monoisotopic (exact) mass is 299 g/mol. The average Bonchev–Trinajstić information content (AvgIpc) is 2.35. The smallest absolute Gasteiger partial charge is 0.311 e. The van der Waals surface area contributed by atoms with Crippen molar-refractivity contribution < 1.29 is 17.9 Å². The molecule has 112 valence electrons. The van der Waals surface area contributed by atoms with Crippen molar-refractivity contribution in [2.45, 2.75) is 31.3 Å². The molecule has 20 heavy (non-hydrogen) atoms. The lowest BCUT2D eigenvalue weighted by atomic mass is 10.1. The number of hydrogen-bond acceptors (Lipinski definition) is 5. The van der Waals surface area contributed by atoms with Crippen molar-refractivity contribution in [2.75, 3.05) is 12.3 Å². The summed E-state index contributed by atoms with van der Waals surface area (Å²) >= 11 is 0. The van der Waals surface area contributed by atoms with Crippen molar-refractivity contribution in [1.82, 2.24) is 0 Å². The van der Waals surface area contributed by atoms with E-state index in [2.05, 4.69) is 0 Å². The van der Waals surface area contributed by atoms with Gasteiger partial charge >= 0.3 is 5.97 Å². The first-order valence-electron chi connectivity index (χ1n) is 6.36. The summed E-state index contributed by atoms with van der Waals surface area (Å²) in [5.41, 5.74) is 4.85. The highest BCUT2D eigenvalue weighted by atomic mass is 32.2. The summed E-state index contributed by atoms with van der Waals surface area (Å²) in [4.78, 5) is 12.1. The SMILES string of the molecule is CC(C)(C)OC(=O)[C@H](CN)CS(=O)(=O)c1ccccc1. The van der Waals surface area contributed by atoms with E-state index in [4.69, 9.17) is 10.5 Å². The van der Waals surface area contributed by atoms with E-state index in [1.165, 1.54) is 12.1 Å². The Labute approximate surface area is 120 Å². The fraction of sp³-hybridized carbons (Fsp3) is 0.500. The molecule has 1 rings (SSSR count). The molecule has 0 unspecified atom stereocenters. The minimum atomic E-state index is -3.55. The van der Waals surface area contributed by atoms with Gasteiger partial charge in [-0.15, -0.1) is 0 Å². The van der Waals surface area contributed by atoms with E-state index < -0.39 is 27.3 Å². The zero-order chi connectivity index (χ0) is 15.4. The van der Waals surface area contributed by atoms with Crippen LogP contribution in [0.2, 0.25) is 0 Å². The molecule has 0 saturated carbocycles. The molecule has 0 aliphatic heterocycles. The number of rotatable bonds is 5. The van der Waals surface area contributed by atoms with Gasteiger partial charge in [0.25, 0.3) is 0 Å². The number of hydrogen-bond donors (Lipinski definition) is 1. The summed E-state index contributed by atoms with van der Waals surface area (Å²) in [6.07, 6.45) is 0. The summed E-state index contributed by atoms with van der Waals surface area (Å²) in [5.74, 6) is -1.79. The topological polar surface area (TPSA) is 86.5 Å². The highest BCUT2D eigenvalue weighted by Crippen LogP contribution is 2.17. The number of nitrogens with two attached hydrogens (primary N) is 1. The van der Waals surface area contributed by atoms with E-state index in [0.717, 1.165) is 0 Å². The molecule has 0 aliphatic carbocycles. The third-order valence-electron chi connectivity index (χ3n) is 2.55. The van der Waals surface area contributed by atoms with Crippen LogP contribution in [0.25, 0.3) is 0 Å². The maximum atomic E-state index is 12.2. The van der Waals surface area contributed by atoms with Crippen molar-refractivity contribution in [3.05, 3.63) is 30.3 Å². The highest BCUT2D eigenvalue weighted by molar-refractivity contribution is 7.91. The van der Waals surface area contributed by atoms with Crippen molar-refractivity contribution >= 4 is 15.8 Å². The van der Waals surface area contributed by atoms with Crippen molar-refractivity contribution in [3.63, 3.8) is 0 Å². The van der Waals surface area contributed by atoms with Gasteiger partial charge in [-0.05, 0) is 32.9 Å². The summed E-state index contributed by atoms with van der Waals surface area (Å²) in [6, 6.07) is 8.00. The number of esters is 1. The Kier molecular flexibility index (Phi) is 5.30. The van der Waals surface area contributed by atoms with Crippen LogP contribution in [-0.2, 0) is 19.4 Å². The van der Waals surface area contributed by atoms with Crippen molar-refractivity contribution in [2.24, 2.45) is 11.7 Å². The molecule has 1 aromatic carbocycles. The summed E-state index contributed by atoms with van der Waals surface area (Å²) in [6.45, 7) is 5.11. The highest BCUT2D eigenvalue weighted by Gasteiger charge is 2.29. The van der Waals surface area contributed by atoms with Crippen LogP contribution in [0.5, 0.6) is 0 Å². The quantitative estimate of drug-likeness (QED) is 0.830. The minimum Gasteiger partial charge on any atom is -0.460 e. The Morgan fingerprint density at radius 2 is 1.80 bits per heavy atom. The second-order valence-electron chi connectivity index (χ2n) is 5.56. The van der Waals surface area contributed by atoms with Gasteiger partial charge in [-0.2, -0.15) is 0 Å². The van der Waals surface area contributed by atoms with Gasteiger partial charge in [0, 0.05) is 6.54 Å². The Morgan fingerprint density at radius 1 is 1.25 bits per heavy atom. The molecule has 0 spiro atoms. The largest absolute Gasteiger partial charge is 0.460 e. The lowest BCUT2D eigenvalue weighted by Gasteiger charge is -2.23. The molecular weight excluding hydrogens is 278 g/mol. The maximum Gasteiger partial charge on any atom is 0.311 e. The molecule has 0 radical (unpaired) electrons. The van der Waals surface area contributed by atoms with Gasteiger partial charge in [0.05, 0.1) is 16.6 Å². The van der Waals surface area contributed by atoms with Crippen LogP contribution in [0.4, 0.5) is 0 Å². The number of carbonyl (C=O) groups excluding carboxylic acids is 1. The molecule has 0 fully saturated rings. The molecule has 2 N–H and O–H groups in total. The Hall–Kier alpha value is -1.40. The van der Waals surface area contributed by atoms with Crippen LogP contribution in [0, 0.1) is 5.92 Å². The van der Waals surface area contributed by atoms with Crippen LogP contribution < -0.4 is 5.73 Å². The Balaban J connectivity index is 2.86. The van der Waals surface area contributed by atoms with E-state index in [0.29, 0.717) is 0 Å². The molecule has 0 aromatic heterocycles. The van der Waals surface area contributed by atoms with Crippen molar-refractivity contribution in [1.29, 1.82) is 0 Å². The number of sulfone groups is 1. The van der Waals surface area contributed by atoms with Gasteiger partial charge in [0.2, 0.25) is 0 Å². The minimum absolute atomic E-state index is 0.0685. The predicted octanol–water partition coefficient (Wildman–Crippen LogP) is 1.38. The lowest BCUT2D eigenvalue weighted by molar-refractivity contribution is -0.158. The normalized spacial score (nSPS) is 13.8. The molecule has 0 heterocycles. The number of carbonyl (C=O) groups is 1.